The van der Waals surface area contributed by atoms with Crippen molar-refractivity contribution in [3.63, 3.8) is 0 Å². The van der Waals surface area contributed by atoms with Crippen LogP contribution in [0, 0.1) is 0 Å². The first-order chi connectivity index (χ1) is 17.0. The van der Waals surface area contributed by atoms with E-state index in [1.54, 1.807) is 44.8 Å². The number of hydrogen-bond acceptors (Lipinski definition) is 6. The summed E-state index contributed by atoms with van der Waals surface area (Å²) in [5.74, 6) is 0.718. The number of H-pyrrole nitrogens is 1. The number of nitrogens with one attached hydrogen (secondary N) is 2. The summed E-state index contributed by atoms with van der Waals surface area (Å²) in [6, 6.07) is 10.3. The predicted octanol–water partition coefficient (Wildman–Crippen LogP) is 5.06. The Kier molecular flexibility index (Phi) is 6.57. The molecule has 0 fully saturated rings. The fourth-order valence-corrected chi connectivity index (χ4v) is 3.59. The number of fused-ring (bicyclic) bond motifs is 1. The standard InChI is InChI=1S/C25H24F3N5O3/c1-24(2,25(26,27)28)19-11-20(33-32-19)31-21(34)9-14-5-7-17(29-12-14)16-10-15-6-8-18(35-3)23(36-4)22(15)30-13-16/h5-8,10-13H,9H2,1-4H3,(H2,31,32,33,34). The van der Waals surface area contributed by atoms with Gasteiger partial charge in [-0.3, -0.25) is 19.9 Å². The van der Waals surface area contributed by atoms with Gasteiger partial charge in [-0.15, -0.1) is 0 Å². The van der Waals surface area contributed by atoms with E-state index in [4.69, 9.17) is 9.47 Å². The highest BCUT2D eigenvalue weighted by Crippen LogP contribution is 2.40. The summed E-state index contributed by atoms with van der Waals surface area (Å²) in [6.45, 7) is 2.08. The van der Waals surface area contributed by atoms with Crippen molar-refractivity contribution in [3.8, 4) is 22.8 Å². The Hall–Kier alpha value is -4.15. The van der Waals surface area contributed by atoms with Crippen LogP contribution in [-0.4, -0.2) is 46.5 Å². The fraction of sp³-hybridized carbons (Fsp3) is 0.280. The number of methoxy groups -OCH3 is 2. The lowest BCUT2D eigenvalue weighted by Gasteiger charge is -2.25. The number of pyridine rings is 2. The van der Waals surface area contributed by atoms with E-state index in [-0.39, 0.29) is 17.9 Å². The number of ether oxygens (including phenoxy) is 2. The van der Waals surface area contributed by atoms with Crippen molar-refractivity contribution in [1.82, 2.24) is 20.2 Å². The molecule has 4 rings (SSSR count). The minimum absolute atomic E-state index is 0.0196. The van der Waals surface area contributed by atoms with E-state index in [0.29, 0.717) is 28.3 Å². The SMILES string of the molecule is COc1ccc2cc(-c3ccc(CC(=O)Nc4cc(C(C)(C)C(F)(F)F)[nH]n4)cn3)cnc2c1OC. The normalized spacial score (nSPS) is 12.0. The zero-order valence-corrected chi connectivity index (χ0v) is 20.0. The van der Waals surface area contributed by atoms with Crippen LogP contribution in [0.5, 0.6) is 11.5 Å². The molecule has 0 spiro atoms. The van der Waals surface area contributed by atoms with Gasteiger partial charge in [-0.2, -0.15) is 18.3 Å². The molecule has 0 aliphatic rings. The van der Waals surface area contributed by atoms with Crippen LogP contribution >= 0.6 is 0 Å². The summed E-state index contributed by atoms with van der Waals surface area (Å²) < 4.78 is 50.4. The van der Waals surface area contributed by atoms with Gasteiger partial charge >= 0.3 is 6.18 Å². The van der Waals surface area contributed by atoms with Gasteiger partial charge in [0.1, 0.15) is 10.9 Å². The summed E-state index contributed by atoms with van der Waals surface area (Å²) in [6.07, 6.45) is -1.24. The van der Waals surface area contributed by atoms with Gasteiger partial charge in [0, 0.05) is 29.4 Å². The van der Waals surface area contributed by atoms with Gasteiger partial charge in [0.2, 0.25) is 5.91 Å². The lowest BCUT2D eigenvalue weighted by Crippen LogP contribution is -2.36. The number of hydrogen-bond donors (Lipinski definition) is 2. The molecule has 1 amide bonds. The summed E-state index contributed by atoms with van der Waals surface area (Å²) in [7, 11) is 3.11. The number of halogens is 3. The smallest absolute Gasteiger partial charge is 0.399 e. The van der Waals surface area contributed by atoms with E-state index in [1.165, 1.54) is 6.07 Å². The van der Waals surface area contributed by atoms with E-state index in [0.717, 1.165) is 24.8 Å². The molecule has 0 aliphatic carbocycles. The van der Waals surface area contributed by atoms with Crippen molar-refractivity contribution >= 4 is 22.6 Å². The lowest BCUT2D eigenvalue weighted by molar-refractivity contribution is -0.181. The Balaban J connectivity index is 1.45. The van der Waals surface area contributed by atoms with Crippen LogP contribution in [0.2, 0.25) is 0 Å². The average Bonchev–Trinajstić information content (AvgIpc) is 3.31. The molecule has 2 N–H and O–H groups in total. The molecule has 4 aromatic rings. The molecule has 0 unspecified atom stereocenters. The molecule has 0 atom stereocenters. The second-order valence-corrected chi connectivity index (χ2v) is 8.66. The molecule has 3 heterocycles. The maximum Gasteiger partial charge on any atom is 0.399 e. The first-order valence-electron chi connectivity index (χ1n) is 10.9. The minimum atomic E-state index is -4.46. The highest BCUT2D eigenvalue weighted by atomic mass is 19.4. The average molecular weight is 499 g/mol. The number of carbonyl (C=O) groups excluding carboxylic acids is 1. The van der Waals surface area contributed by atoms with Crippen LogP contribution < -0.4 is 14.8 Å². The molecular weight excluding hydrogens is 475 g/mol. The molecule has 0 radical (unpaired) electrons. The van der Waals surface area contributed by atoms with Crippen LogP contribution in [0.3, 0.4) is 0 Å². The van der Waals surface area contributed by atoms with E-state index < -0.39 is 17.5 Å². The van der Waals surface area contributed by atoms with Crippen molar-refractivity contribution in [3.05, 3.63) is 60.0 Å². The van der Waals surface area contributed by atoms with Crippen molar-refractivity contribution in [2.24, 2.45) is 0 Å². The van der Waals surface area contributed by atoms with Crippen LogP contribution in [0.15, 0.2) is 48.8 Å². The molecule has 0 bridgehead atoms. The fourth-order valence-electron chi connectivity index (χ4n) is 3.59. The van der Waals surface area contributed by atoms with Gasteiger partial charge in [0.25, 0.3) is 0 Å². The van der Waals surface area contributed by atoms with Crippen LogP contribution in [0.4, 0.5) is 19.0 Å². The molecule has 0 saturated heterocycles. The highest BCUT2D eigenvalue weighted by Gasteiger charge is 2.49. The summed E-state index contributed by atoms with van der Waals surface area (Å²) >= 11 is 0. The maximum absolute atomic E-state index is 13.2. The number of benzene rings is 1. The minimum Gasteiger partial charge on any atom is -0.493 e. The number of rotatable bonds is 7. The second kappa shape index (κ2) is 9.48. The van der Waals surface area contributed by atoms with E-state index in [9.17, 15) is 18.0 Å². The third-order valence-corrected chi connectivity index (χ3v) is 5.91. The van der Waals surface area contributed by atoms with Crippen molar-refractivity contribution in [1.29, 1.82) is 0 Å². The molecule has 188 valence electrons. The number of amides is 1. The van der Waals surface area contributed by atoms with Gasteiger partial charge in [-0.25, -0.2) is 0 Å². The molecule has 1 aromatic carbocycles. The third-order valence-electron chi connectivity index (χ3n) is 5.91. The molecule has 0 saturated carbocycles. The summed E-state index contributed by atoms with van der Waals surface area (Å²) in [5, 5.41) is 9.50. The Morgan fingerprint density at radius 3 is 2.44 bits per heavy atom. The van der Waals surface area contributed by atoms with Crippen LogP contribution in [0.25, 0.3) is 22.2 Å². The molecule has 11 heteroatoms. The molecular formula is C25H24F3N5O3. The highest BCUT2D eigenvalue weighted by molar-refractivity contribution is 5.92. The Labute approximate surface area is 204 Å². The number of carbonyl (C=O) groups is 1. The zero-order valence-electron chi connectivity index (χ0n) is 20.0. The van der Waals surface area contributed by atoms with Gasteiger partial charge in [0.15, 0.2) is 17.3 Å². The van der Waals surface area contributed by atoms with Crippen molar-refractivity contribution < 1.29 is 27.4 Å². The number of alkyl halides is 3. The Morgan fingerprint density at radius 2 is 1.81 bits per heavy atom. The van der Waals surface area contributed by atoms with Gasteiger partial charge in [0.05, 0.1) is 32.0 Å². The monoisotopic (exact) mass is 499 g/mol. The Bertz CT molecular complexity index is 1400. The van der Waals surface area contributed by atoms with Crippen molar-refractivity contribution in [2.75, 3.05) is 19.5 Å². The molecule has 0 aliphatic heterocycles. The van der Waals surface area contributed by atoms with E-state index in [1.807, 2.05) is 12.1 Å². The first-order valence-corrected chi connectivity index (χ1v) is 10.9. The Morgan fingerprint density at radius 1 is 1.03 bits per heavy atom. The molecule has 8 nitrogen and oxygen atoms in total. The van der Waals surface area contributed by atoms with Gasteiger partial charge in [-0.05, 0) is 43.7 Å². The largest absolute Gasteiger partial charge is 0.493 e. The van der Waals surface area contributed by atoms with Crippen LogP contribution in [0.1, 0.15) is 25.1 Å². The maximum atomic E-state index is 13.2. The van der Waals surface area contributed by atoms with E-state index in [2.05, 4.69) is 25.5 Å². The van der Waals surface area contributed by atoms with Crippen LogP contribution in [-0.2, 0) is 16.6 Å². The second-order valence-electron chi connectivity index (χ2n) is 8.66. The number of aromatic nitrogens is 4. The summed E-state index contributed by atoms with van der Waals surface area (Å²) in [5.41, 5.74) is 0.460. The zero-order chi connectivity index (χ0) is 26.1. The van der Waals surface area contributed by atoms with E-state index >= 15 is 0 Å². The summed E-state index contributed by atoms with van der Waals surface area (Å²) in [4.78, 5) is 21.3. The predicted molar refractivity (Wildman–Crippen MR) is 128 cm³/mol. The lowest BCUT2D eigenvalue weighted by atomic mass is 9.89. The molecule has 36 heavy (non-hydrogen) atoms. The number of anilines is 1. The van der Waals surface area contributed by atoms with Gasteiger partial charge < -0.3 is 14.8 Å². The van der Waals surface area contributed by atoms with Crippen molar-refractivity contribution in [2.45, 2.75) is 31.9 Å². The molecule has 3 aromatic heterocycles. The quantitative estimate of drug-likeness (QED) is 0.369. The number of aromatic amines is 1. The first kappa shape index (κ1) is 25.0. The van der Waals surface area contributed by atoms with Gasteiger partial charge in [-0.1, -0.05) is 6.07 Å². The number of nitrogens with zero attached hydrogens (tertiary/aromatic N) is 3. The third kappa shape index (κ3) is 4.81. The topological polar surface area (TPSA) is 102 Å².